The Hall–Kier alpha value is -2.89. The second-order valence-electron chi connectivity index (χ2n) is 5.16. The summed E-state index contributed by atoms with van der Waals surface area (Å²) in [6.45, 7) is 0. The number of hydrogen-bond acceptors (Lipinski definition) is 6. The van der Waals surface area contributed by atoms with Gasteiger partial charge in [0.15, 0.2) is 17.3 Å². The third-order valence-corrected chi connectivity index (χ3v) is 3.65. The minimum absolute atomic E-state index is 0.0892. The van der Waals surface area contributed by atoms with Gasteiger partial charge in [0.1, 0.15) is 11.5 Å². The van der Waals surface area contributed by atoms with Gasteiger partial charge in [0.2, 0.25) is 5.75 Å². The molecule has 0 heterocycles. The molecule has 0 aliphatic heterocycles. The lowest BCUT2D eigenvalue weighted by Crippen LogP contribution is -2.03. The summed E-state index contributed by atoms with van der Waals surface area (Å²) in [6.07, 6.45) is 0.632. The number of aryl methyl sites for hydroxylation is 1. The largest absolute Gasteiger partial charge is 0.508 e. The summed E-state index contributed by atoms with van der Waals surface area (Å²) in [5, 5.41) is 19.0. The number of rotatable bonds is 7. The maximum absolute atomic E-state index is 12.3. The van der Waals surface area contributed by atoms with E-state index in [0.717, 1.165) is 11.6 Å². The van der Waals surface area contributed by atoms with E-state index in [1.165, 1.54) is 33.5 Å². The molecule has 0 radical (unpaired) electrons. The molecule has 2 rings (SSSR count). The normalized spacial score (nSPS) is 10.3. The van der Waals surface area contributed by atoms with Crippen LogP contribution in [-0.2, 0) is 6.42 Å². The van der Waals surface area contributed by atoms with Crippen molar-refractivity contribution < 1.29 is 29.2 Å². The average molecular weight is 332 g/mol. The highest BCUT2D eigenvalue weighted by atomic mass is 16.5. The molecule has 0 aromatic heterocycles. The van der Waals surface area contributed by atoms with Crippen molar-refractivity contribution in [2.45, 2.75) is 12.8 Å². The predicted molar refractivity (Wildman–Crippen MR) is 88.5 cm³/mol. The maximum atomic E-state index is 12.3. The Bertz CT molecular complexity index is 713. The summed E-state index contributed by atoms with van der Waals surface area (Å²) in [5.41, 5.74) is 1.02. The second kappa shape index (κ2) is 7.59. The van der Waals surface area contributed by atoms with Crippen LogP contribution in [0.3, 0.4) is 0 Å². The third kappa shape index (κ3) is 3.71. The molecule has 2 aromatic carbocycles. The molecule has 0 unspecified atom stereocenters. The fourth-order valence-corrected chi connectivity index (χ4v) is 2.43. The number of phenolic OH excluding ortho intramolecular Hbond substituents is 2. The fraction of sp³-hybridized carbons (Fsp3) is 0.278. The lowest BCUT2D eigenvalue weighted by molar-refractivity contribution is 0.0980. The van der Waals surface area contributed by atoms with E-state index < -0.39 is 0 Å². The van der Waals surface area contributed by atoms with E-state index >= 15 is 0 Å². The van der Waals surface area contributed by atoms with E-state index in [4.69, 9.17) is 14.2 Å². The Kier molecular flexibility index (Phi) is 5.52. The monoisotopic (exact) mass is 332 g/mol. The molecule has 6 nitrogen and oxygen atoms in total. The zero-order valence-corrected chi connectivity index (χ0v) is 13.8. The first-order valence-electron chi connectivity index (χ1n) is 7.34. The van der Waals surface area contributed by atoms with Crippen LogP contribution >= 0.6 is 0 Å². The third-order valence-electron chi connectivity index (χ3n) is 3.65. The van der Waals surface area contributed by atoms with Gasteiger partial charge in [-0.05, 0) is 36.2 Å². The second-order valence-corrected chi connectivity index (χ2v) is 5.16. The number of carbonyl (C=O) groups excluding carboxylic acids is 1. The quantitative estimate of drug-likeness (QED) is 0.758. The van der Waals surface area contributed by atoms with Crippen molar-refractivity contribution in [2.75, 3.05) is 21.3 Å². The minimum atomic E-state index is -0.232. The Morgan fingerprint density at radius 1 is 0.958 bits per heavy atom. The fourth-order valence-electron chi connectivity index (χ4n) is 2.43. The van der Waals surface area contributed by atoms with Crippen molar-refractivity contribution in [3.8, 4) is 28.7 Å². The van der Waals surface area contributed by atoms with Gasteiger partial charge in [-0.25, -0.2) is 0 Å². The first-order chi connectivity index (χ1) is 11.5. The van der Waals surface area contributed by atoms with Crippen molar-refractivity contribution >= 4 is 5.78 Å². The number of hydrogen-bond donors (Lipinski definition) is 2. The van der Waals surface area contributed by atoms with E-state index in [1.54, 1.807) is 12.1 Å². The van der Waals surface area contributed by atoms with Crippen molar-refractivity contribution in [1.29, 1.82) is 0 Å². The van der Waals surface area contributed by atoms with Gasteiger partial charge in [-0.2, -0.15) is 0 Å². The molecule has 2 aromatic rings. The molecular weight excluding hydrogens is 312 g/mol. The Morgan fingerprint density at radius 2 is 1.58 bits per heavy atom. The van der Waals surface area contributed by atoms with Crippen LogP contribution < -0.4 is 14.2 Å². The number of Topliss-reactive ketones (excluding diaryl/α,β-unsaturated/α-hetero) is 1. The number of ether oxygens (including phenoxy) is 3. The Morgan fingerprint density at radius 3 is 2.08 bits per heavy atom. The van der Waals surface area contributed by atoms with Crippen LogP contribution in [0.5, 0.6) is 28.7 Å². The van der Waals surface area contributed by atoms with E-state index in [2.05, 4.69) is 0 Å². The number of aromatic hydroxyl groups is 2. The topological polar surface area (TPSA) is 85.2 Å². The molecule has 0 fully saturated rings. The lowest BCUT2D eigenvalue weighted by Gasteiger charge is -2.14. The number of ketones is 1. The molecule has 0 atom stereocenters. The first kappa shape index (κ1) is 17.5. The molecule has 0 amide bonds. The van der Waals surface area contributed by atoms with Gasteiger partial charge in [-0.1, -0.05) is 0 Å². The van der Waals surface area contributed by atoms with Crippen molar-refractivity contribution in [1.82, 2.24) is 0 Å². The molecule has 0 bridgehead atoms. The molecule has 0 aliphatic rings. The average Bonchev–Trinajstić information content (AvgIpc) is 2.58. The molecule has 128 valence electrons. The van der Waals surface area contributed by atoms with Gasteiger partial charge in [0.05, 0.1) is 26.9 Å². The van der Waals surface area contributed by atoms with Gasteiger partial charge in [-0.3, -0.25) is 4.79 Å². The summed E-state index contributed by atoms with van der Waals surface area (Å²) in [5.74, 6) is 0.990. The standard InChI is InChI=1S/C18H20O6/c1-22-16-8-11(9-17(23-2)18(16)24-3)4-7-14(20)13-6-5-12(19)10-15(13)21/h5-6,8-10,19,21H,4,7H2,1-3H3. The van der Waals surface area contributed by atoms with Crippen molar-refractivity contribution in [3.63, 3.8) is 0 Å². The Balaban J connectivity index is 2.18. The summed E-state index contributed by atoms with van der Waals surface area (Å²) < 4.78 is 15.8. The summed E-state index contributed by atoms with van der Waals surface area (Å²) in [7, 11) is 4.58. The van der Waals surface area contributed by atoms with Gasteiger partial charge in [0.25, 0.3) is 0 Å². The Labute approximate surface area is 140 Å². The highest BCUT2D eigenvalue weighted by Crippen LogP contribution is 2.38. The molecule has 6 heteroatoms. The summed E-state index contributed by atoms with van der Waals surface area (Å²) >= 11 is 0. The summed E-state index contributed by atoms with van der Waals surface area (Å²) in [6, 6.07) is 7.48. The number of carbonyl (C=O) groups is 1. The number of methoxy groups -OCH3 is 3. The minimum Gasteiger partial charge on any atom is -0.508 e. The van der Waals surface area contributed by atoms with Crippen LogP contribution in [0, 0.1) is 0 Å². The molecule has 0 spiro atoms. The van der Waals surface area contributed by atoms with Crippen LogP contribution in [0.4, 0.5) is 0 Å². The van der Waals surface area contributed by atoms with E-state index in [9.17, 15) is 15.0 Å². The zero-order valence-electron chi connectivity index (χ0n) is 13.8. The molecule has 0 saturated heterocycles. The van der Waals surface area contributed by atoms with Crippen LogP contribution in [0.25, 0.3) is 0 Å². The molecule has 2 N–H and O–H groups in total. The predicted octanol–water partition coefficient (Wildman–Crippen LogP) is 2.94. The van der Waals surface area contributed by atoms with Crippen LogP contribution in [0.1, 0.15) is 22.3 Å². The maximum Gasteiger partial charge on any atom is 0.203 e. The van der Waals surface area contributed by atoms with Gasteiger partial charge in [-0.15, -0.1) is 0 Å². The lowest BCUT2D eigenvalue weighted by atomic mass is 10.0. The highest BCUT2D eigenvalue weighted by molar-refractivity contribution is 5.98. The van der Waals surface area contributed by atoms with E-state index in [0.29, 0.717) is 23.7 Å². The van der Waals surface area contributed by atoms with Crippen LogP contribution in [0.15, 0.2) is 30.3 Å². The van der Waals surface area contributed by atoms with Crippen molar-refractivity contribution in [2.24, 2.45) is 0 Å². The van der Waals surface area contributed by atoms with Gasteiger partial charge >= 0.3 is 0 Å². The van der Waals surface area contributed by atoms with Gasteiger partial charge in [0, 0.05) is 12.5 Å². The molecular formula is C18H20O6. The van der Waals surface area contributed by atoms with E-state index in [-0.39, 0.29) is 29.3 Å². The first-order valence-corrected chi connectivity index (χ1v) is 7.34. The van der Waals surface area contributed by atoms with Crippen molar-refractivity contribution in [3.05, 3.63) is 41.5 Å². The zero-order chi connectivity index (χ0) is 17.7. The molecule has 0 aliphatic carbocycles. The highest BCUT2D eigenvalue weighted by Gasteiger charge is 2.15. The summed E-state index contributed by atoms with van der Waals surface area (Å²) in [4.78, 5) is 12.3. The smallest absolute Gasteiger partial charge is 0.203 e. The number of phenols is 2. The molecule has 0 saturated carbocycles. The number of benzene rings is 2. The van der Waals surface area contributed by atoms with Crippen LogP contribution in [0.2, 0.25) is 0 Å². The van der Waals surface area contributed by atoms with Crippen LogP contribution in [-0.4, -0.2) is 37.3 Å². The SMILES string of the molecule is COc1cc(CCC(=O)c2ccc(O)cc2O)cc(OC)c1OC. The van der Waals surface area contributed by atoms with Gasteiger partial charge < -0.3 is 24.4 Å². The molecule has 24 heavy (non-hydrogen) atoms. The van der Waals surface area contributed by atoms with E-state index in [1.807, 2.05) is 0 Å².